The van der Waals surface area contributed by atoms with Crippen molar-refractivity contribution in [3.8, 4) is 0 Å². The largest absolute Gasteiger partial charge is 0.445 e. The van der Waals surface area contributed by atoms with Crippen molar-refractivity contribution in [3.05, 3.63) is 70.7 Å². The molecule has 0 bridgehead atoms. The predicted octanol–water partition coefficient (Wildman–Crippen LogP) is 4.46. The van der Waals surface area contributed by atoms with Crippen molar-refractivity contribution in [3.63, 3.8) is 0 Å². The van der Waals surface area contributed by atoms with Crippen LogP contribution in [0, 0.1) is 11.8 Å². The number of nitrogens with zero attached hydrogens (tertiary/aromatic N) is 2. The summed E-state index contributed by atoms with van der Waals surface area (Å²) >= 11 is 6.03. The molecule has 0 radical (unpaired) electrons. The van der Waals surface area contributed by atoms with Crippen LogP contribution in [0.2, 0.25) is 5.02 Å². The second-order valence-electron chi connectivity index (χ2n) is 12.1. The van der Waals surface area contributed by atoms with E-state index in [9.17, 15) is 24.3 Å². The van der Waals surface area contributed by atoms with Gasteiger partial charge in [0.25, 0.3) is 5.91 Å². The molecular weight excluding hydrogens is 612 g/mol. The van der Waals surface area contributed by atoms with Crippen LogP contribution in [-0.2, 0) is 37.0 Å². The summed E-state index contributed by atoms with van der Waals surface area (Å²) in [6.07, 6.45) is 4.57. The molecule has 3 atom stereocenters. The van der Waals surface area contributed by atoms with E-state index < -0.39 is 42.0 Å². The number of alkyl carbamates (subject to hydrolysis) is 1. The Labute approximate surface area is 276 Å². The van der Waals surface area contributed by atoms with Crippen LogP contribution >= 0.6 is 11.6 Å². The number of amides is 4. The number of likely N-dealkylation sites (N-methyl/N-ethyl adjacent to an activating group) is 2. The molecule has 0 saturated heterocycles. The molecule has 1 aliphatic rings. The van der Waals surface area contributed by atoms with Crippen LogP contribution in [0.5, 0.6) is 0 Å². The van der Waals surface area contributed by atoms with E-state index in [1.54, 1.807) is 38.2 Å². The molecule has 252 valence electrons. The molecule has 4 amide bonds. The Bertz CT molecular complexity index is 1310. The maximum atomic E-state index is 13.8. The van der Waals surface area contributed by atoms with Gasteiger partial charge in [-0.25, -0.2) is 9.86 Å². The first-order chi connectivity index (χ1) is 21.9. The van der Waals surface area contributed by atoms with E-state index >= 15 is 0 Å². The lowest BCUT2D eigenvalue weighted by Crippen LogP contribution is -2.63. The lowest BCUT2D eigenvalue weighted by atomic mass is 9.84. The average Bonchev–Trinajstić information content (AvgIpc) is 3.05. The average molecular weight is 659 g/mol. The van der Waals surface area contributed by atoms with Gasteiger partial charge in [-0.2, -0.15) is 0 Å². The van der Waals surface area contributed by atoms with E-state index in [-0.39, 0.29) is 18.4 Å². The number of rotatable bonds is 15. The Balaban J connectivity index is 1.74. The highest BCUT2D eigenvalue weighted by Crippen LogP contribution is 2.28. The van der Waals surface area contributed by atoms with E-state index in [4.69, 9.17) is 21.2 Å². The van der Waals surface area contributed by atoms with Crippen LogP contribution in [-0.4, -0.2) is 78.4 Å². The van der Waals surface area contributed by atoms with E-state index in [1.807, 2.05) is 30.3 Å². The zero-order valence-corrected chi connectivity index (χ0v) is 27.9. The number of aliphatic hydroxyl groups is 1. The molecule has 3 rings (SSSR count). The molecule has 46 heavy (non-hydrogen) atoms. The molecule has 12 heteroatoms. The van der Waals surface area contributed by atoms with Gasteiger partial charge in [-0.1, -0.05) is 93.1 Å². The molecule has 0 heterocycles. The molecule has 1 fully saturated rings. The summed E-state index contributed by atoms with van der Waals surface area (Å²) in [7, 11) is 4.19. The Kier molecular flexibility index (Phi) is 14.3. The van der Waals surface area contributed by atoms with E-state index in [2.05, 4.69) is 10.6 Å². The van der Waals surface area contributed by atoms with Crippen LogP contribution in [0.15, 0.2) is 54.6 Å². The smallest absolute Gasteiger partial charge is 0.408 e. The van der Waals surface area contributed by atoms with Gasteiger partial charge in [0.1, 0.15) is 12.6 Å². The Hall–Kier alpha value is -3.67. The normalized spacial score (nSPS) is 16.0. The topological polar surface area (TPSA) is 138 Å². The Morgan fingerprint density at radius 2 is 1.70 bits per heavy atom. The highest BCUT2D eigenvalue weighted by Gasteiger charge is 2.44. The summed E-state index contributed by atoms with van der Waals surface area (Å²) in [4.78, 5) is 59.9. The van der Waals surface area contributed by atoms with Gasteiger partial charge in [-0.3, -0.25) is 19.2 Å². The fourth-order valence-corrected chi connectivity index (χ4v) is 5.94. The summed E-state index contributed by atoms with van der Waals surface area (Å²) in [5.74, 6) is -2.75. The minimum absolute atomic E-state index is 0.0668. The third kappa shape index (κ3) is 11.3. The molecular formula is C34H47ClN4O7. The highest BCUT2D eigenvalue weighted by molar-refractivity contribution is 6.30. The summed E-state index contributed by atoms with van der Waals surface area (Å²) in [6.45, 7) is 1.95. The number of hydrogen-bond donors (Lipinski definition) is 3. The predicted molar refractivity (Wildman–Crippen MR) is 174 cm³/mol. The number of carbonyl (C=O) groups is 4. The van der Waals surface area contributed by atoms with Gasteiger partial charge in [0.05, 0.1) is 7.11 Å². The van der Waals surface area contributed by atoms with Crippen molar-refractivity contribution >= 4 is 35.4 Å². The van der Waals surface area contributed by atoms with Crippen molar-refractivity contribution in [2.45, 2.75) is 76.7 Å². The maximum absolute atomic E-state index is 13.8. The van der Waals surface area contributed by atoms with Crippen molar-refractivity contribution in [2.24, 2.45) is 11.8 Å². The number of carbonyl (C=O) groups excluding carboxylic acids is 4. The second-order valence-corrected chi connectivity index (χ2v) is 12.5. The SMILES string of the molecule is CON(C)C(=O)C(O)(CC(C)C(=O)N(C)CCc1ccccc1)NC(=O)[C@H](CC1CCCCC1)NC(=O)OCc1cccc(Cl)c1. The second kappa shape index (κ2) is 17.9. The standard InChI is InChI=1S/C34H47ClN4O7/c1-24(31(41)38(2)19-18-25-12-7-5-8-13-25)22-34(44,32(42)39(3)45-4)37-30(40)29(21-26-14-9-6-10-15-26)36-33(43)46-23-27-16-11-17-28(35)20-27/h5,7-8,11-13,16-17,20,24,26,29,44H,6,9-10,14-15,18-19,21-23H2,1-4H3,(H,36,43)(H,37,40)/t24?,29-,34?/m0/s1. The Morgan fingerprint density at radius 1 is 1.02 bits per heavy atom. The minimum Gasteiger partial charge on any atom is -0.445 e. The third-order valence-electron chi connectivity index (χ3n) is 8.38. The fourth-order valence-electron chi connectivity index (χ4n) is 5.73. The zero-order chi connectivity index (χ0) is 33.7. The van der Waals surface area contributed by atoms with Crippen LogP contribution < -0.4 is 10.6 Å². The van der Waals surface area contributed by atoms with Crippen LogP contribution in [0.4, 0.5) is 4.79 Å². The number of hydroxylamine groups is 2. The zero-order valence-electron chi connectivity index (χ0n) is 27.2. The molecule has 11 nitrogen and oxygen atoms in total. The quantitative estimate of drug-likeness (QED) is 0.190. The number of benzene rings is 2. The van der Waals surface area contributed by atoms with Gasteiger partial charge in [0, 0.05) is 38.0 Å². The van der Waals surface area contributed by atoms with Crippen molar-refractivity contribution in [2.75, 3.05) is 27.7 Å². The van der Waals surface area contributed by atoms with Gasteiger partial charge in [-0.05, 0) is 42.0 Å². The monoisotopic (exact) mass is 658 g/mol. The number of nitrogens with one attached hydrogen (secondary N) is 2. The molecule has 0 spiro atoms. The molecule has 3 N–H and O–H groups in total. The molecule has 1 saturated carbocycles. The number of halogens is 1. The van der Waals surface area contributed by atoms with Crippen LogP contribution in [0.1, 0.15) is 63.0 Å². The molecule has 2 aromatic rings. The van der Waals surface area contributed by atoms with Crippen molar-refractivity contribution in [1.82, 2.24) is 20.6 Å². The number of hydrogen-bond acceptors (Lipinski definition) is 7. The van der Waals surface area contributed by atoms with Gasteiger partial charge in [0.2, 0.25) is 17.5 Å². The first-order valence-corrected chi connectivity index (χ1v) is 16.1. The third-order valence-corrected chi connectivity index (χ3v) is 8.62. The molecule has 0 aliphatic heterocycles. The summed E-state index contributed by atoms with van der Waals surface area (Å²) in [5.41, 5.74) is -0.766. The summed E-state index contributed by atoms with van der Waals surface area (Å²) in [6, 6.07) is 15.5. The lowest BCUT2D eigenvalue weighted by molar-refractivity contribution is -0.195. The molecule has 2 unspecified atom stereocenters. The van der Waals surface area contributed by atoms with Gasteiger partial charge in [0.15, 0.2) is 0 Å². The summed E-state index contributed by atoms with van der Waals surface area (Å²) < 4.78 is 5.37. The van der Waals surface area contributed by atoms with Crippen molar-refractivity contribution in [1.29, 1.82) is 0 Å². The van der Waals surface area contributed by atoms with E-state index in [1.165, 1.54) is 19.1 Å². The van der Waals surface area contributed by atoms with Crippen LogP contribution in [0.25, 0.3) is 0 Å². The van der Waals surface area contributed by atoms with Crippen LogP contribution in [0.3, 0.4) is 0 Å². The Morgan fingerprint density at radius 3 is 2.35 bits per heavy atom. The molecule has 1 aliphatic carbocycles. The van der Waals surface area contributed by atoms with E-state index in [0.717, 1.165) is 42.7 Å². The van der Waals surface area contributed by atoms with Gasteiger partial charge >= 0.3 is 6.09 Å². The van der Waals surface area contributed by atoms with Gasteiger partial charge < -0.3 is 25.4 Å². The minimum atomic E-state index is -2.51. The van der Waals surface area contributed by atoms with Crippen molar-refractivity contribution < 1.29 is 33.9 Å². The lowest BCUT2D eigenvalue weighted by Gasteiger charge is -2.35. The fraction of sp³-hybridized carbons (Fsp3) is 0.529. The van der Waals surface area contributed by atoms with Gasteiger partial charge in [-0.15, -0.1) is 0 Å². The molecule has 2 aromatic carbocycles. The van der Waals surface area contributed by atoms with E-state index in [0.29, 0.717) is 30.0 Å². The molecule has 0 aromatic heterocycles. The maximum Gasteiger partial charge on any atom is 0.408 e. The highest BCUT2D eigenvalue weighted by atomic mass is 35.5. The number of ether oxygens (including phenoxy) is 1. The summed E-state index contributed by atoms with van der Waals surface area (Å²) in [5, 5.41) is 18.1. The first-order valence-electron chi connectivity index (χ1n) is 15.7. The first kappa shape index (κ1) is 36.8.